The molecule has 4 aromatic rings. The number of nitrogens with two attached hydrogens (primary N) is 2. The zero-order chi connectivity index (χ0) is 39.3. The Labute approximate surface area is 348 Å². The number of anilines is 4. The van der Waals surface area contributed by atoms with Crippen LogP contribution in [0.3, 0.4) is 0 Å². The highest BCUT2D eigenvalue weighted by Crippen LogP contribution is 2.35. The minimum absolute atomic E-state index is 0. The molecule has 0 aliphatic carbocycles. The number of aromatic nitrogens is 4. The Hall–Kier alpha value is -5.41. The smallest absolute Gasteiger partial charge is 0.251 e. The average Bonchev–Trinajstić information content (AvgIpc) is 3.99. The Kier molecular flexibility index (Phi) is 16.1. The van der Waals surface area contributed by atoms with Crippen molar-refractivity contribution in [1.29, 1.82) is 0 Å². The van der Waals surface area contributed by atoms with Gasteiger partial charge in [-0.05, 0) is 37.8 Å². The van der Waals surface area contributed by atoms with Crippen LogP contribution in [0, 0.1) is 0 Å². The number of benzene rings is 2. The molecule has 2 aromatic carbocycles. The molecule has 8 rings (SSSR count). The van der Waals surface area contributed by atoms with Crippen molar-refractivity contribution < 1.29 is 49.0 Å². The Morgan fingerprint density at radius 1 is 0.576 bits per heavy atom. The summed E-state index contributed by atoms with van der Waals surface area (Å²) in [6, 6.07) is 7.16. The number of hydrogen-bond acceptors (Lipinski definition) is 16. The van der Waals surface area contributed by atoms with E-state index in [2.05, 4.69) is 19.9 Å². The van der Waals surface area contributed by atoms with Crippen LogP contribution < -0.4 is 40.2 Å². The highest BCUT2D eigenvalue weighted by atomic mass is 35.5. The molecular weight excluding hydrogens is 792 g/mol. The Bertz CT molecular complexity index is 1910. The number of methoxy groups -OCH3 is 4. The Morgan fingerprint density at radius 3 is 1.22 bits per heavy atom. The van der Waals surface area contributed by atoms with Crippen LogP contribution in [0.4, 0.5) is 23.5 Å². The lowest BCUT2D eigenvalue weighted by molar-refractivity contribution is -0.141. The van der Waals surface area contributed by atoms with Gasteiger partial charge in [-0.3, -0.25) is 9.59 Å². The van der Waals surface area contributed by atoms with Crippen molar-refractivity contribution in [2.75, 3.05) is 115 Å². The number of carbonyl (C=O) groups excluding carboxylic acids is 2. The lowest BCUT2D eigenvalue weighted by atomic mass is 10.2. The summed E-state index contributed by atoms with van der Waals surface area (Å²) < 4.78 is 32.4. The van der Waals surface area contributed by atoms with E-state index in [0.29, 0.717) is 134 Å². The molecule has 324 valence electrons. The molecule has 2 amide bonds. The number of nitrogens with zero attached hydrogens (tertiary/aromatic N) is 8. The van der Waals surface area contributed by atoms with Crippen LogP contribution in [0.1, 0.15) is 25.7 Å². The molecule has 0 saturated carbocycles. The normalized spacial score (nSPS) is 18.8. The molecule has 0 radical (unpaired) electrons. The standard InChI is InChI=1S/2C19H25N5O4.ClH.2H2O/c2*1-26-15-10-12-13(11-16(15)27-2)21-19(22-17(12)20)24-7-5-23(6-8-24)18(25)14-4-3-9-28-14;;;/h2*10-11,14H,3-9H2,1-2H3,(H2,20,21,22);1H;2*1H2. The molecule has 4 aliphatic rings. The zero-order valence-electron chi connectivity index (χ0n) is 33.8. The van der Waals surface area contributed by atoms with E-state index in [4.69, 9.17) is 39.9 Å². The van der Waals surface area contributed by atoms with E-state index in [0.717, 1.165) is 25.7 Å². The van der Waals surface area contributed by atoms with Crippen LogP contribution >= 0.6 is 12.4 Å². The van der Waals surface area contributed by atoms with Crippen LogP contribution in [0.25, 0.3) is 21.8 Å². The number of ether oxygens (including phenoxy) is 6. The number of rotatable bonds is 8. The lowest BCUT2D eigenvalue weighted by Gasteiger charge is -2.35. The van der Waals surface area contributed by atoms with Gasteiger partial charge >= 0.3 is 0 Å². The second-order valence-electron chi connectivity index (χ2n) is 13.9. The predicted molar refractivity (Wildman–Crippen MR) is 224 cm³/mol. The van der Waals surface area contributed by atoms with Gasteiger partial charge in [-0.15, -0.1) is 12.4 Å². The van der Waals surface area contributed by atoms with Crippen molar-refractivity contribution in [2.45, 2.75) is 37.9 Å². The van der Waals surface area contributed by atoms with Crippen molar-refractivity contribution in [2.24, 2.45) is 0 Å². The fraction of sp³-hybridized carbons (Fsp3) is 0.526. The first-order valence-electron chi connectivity index (χ1n) is 18.9. The van der Waals surface area contributed by atoms with Gasteiger partial charge in [-0.25, -0.2) is 9.97 Å². The van der Waals surface area contributed by atoms with Gasteiger partial charge in [0.2, 0.25) is 11.9 Å². The summed E-state index contributed by atoms with van der Waals surface area (Å²) in [5.41, 5.74) is 13.7. The molecule has 2 aromatic heterocycles. The third kappa shape index (κ3) is 9.90. The van der Waals surface area contributed by atoms with Gasteiger partial charge in [0.15, 0.2) is 23.0 Å². The van der Waals surface area contributed by atoms with Gasteiger partial charge in [0, 0.05) is 88.5 Å². The molecule has 2 atom stereocenters. The quantitative estimate of drug-likeness (QED) is 0.249. The molecule has 2 unspecified atom stereocenters. The van der Waals surface area contributed by atoms with E-state index >= 15 is 0 Å². The third-order valence-corrected chi connectivity index (χ3v) is 10.6. The van der Waals surface area contributed by atoms with Crippen LogP contribution in [-0.2, 0) is 19.1 Å². The molecule has 8 N–H and O–H groups in total. The first kappa shape index (κ1) is 46.3. The fourth-order valence-electron chi connectivity index (χ4n) is 7.42. The highest BCUT2D eigenvalue weighted by molar-refractivity contribution is 5.93. The predicted octanol–water partition coefficient (Wildman–Crippen LogP) is 0.886. The second-order valence-corrected chi connectivity index (χ2v) is 13.9. The van der Waals surface area contributed by atoms with Crippen molar-refractivity contribution in [1.82, 2.24) is 29.7 Å². The van der Waals surface area contributed by atoms with Crippen molar-refractivity contribution in [3.8, 4) is 23.0 Å². The summed E-state index contributed by atoms with van der Waals surface area (Å²) in [6.45, 7) is 6.42. The maximum absolute atomic E-state index is 12.5. The summed E-state index contributed by atoms with van der Waals surface area (Å²) in [5.74, 6) is 4.41. The fourth-order valence-corrected chi connectivity index (χ4v) is 7.42. The van der Waals surface area contributed by atoms with Crippen LogP contribution in [0.5, 0.6) is 23.0 Å². The molecule has 20 nitrogen and oxygen atoms in total. The number of piperazine rings is 2. The van der Waals surface area contributed by atoms with Gasteiger partial charge in [-0.2, -0.15) is 9.97 Å². The SMILES string of the molecule is COc1cc2nc(N3CCN(C(=O)C4CCCO4)CC3)nc(N)c2cc1OC.COc1cc2nc(N3CCN(C(=O)C4CCCO4)CC3)nc(N)c2cc1OC.Cl.O.O. The molecule has 21 heteroatoms. The van der Waals surface area contributed by atoms with E-state index in [1.165, 1.54) is 0 Å². The van der Waals surface area contributed by atoms with Crippen molar-refractivity contribution in [3.63, 3.8) is 0 Å². The molecule has 4 aliphatic heterocycles. The molecule has 4 fully saturated rings. The Morgan fingerprint density at radius 2 is 0.915 bits per heavy atom. The molecule has 0 bridgehead atoms. The number of carbonyl (C=O) groups is 2. The van der Waals surface area contributed by atoms with E-state index in [1.54, 1.807) is 52.7 Å². The number of hydrogen-bond donors (Lipinski definition) is 2. The van der Waals surface area contributed by atoms with E-state index < -0.39 is 0 Å². The minimum atomic E-state index is -0.276. The zero-order valence-corrected chi connectivity index (χ0v) is 34.6. The summed E-state index contributed by atoms with van der Waals surface area (Å²) in [5, 5.41) is 1.43. The second kappa shape index (κ2) is 20.5. The number of fused-ring (bicyclic) bond motifs is 2. The summed E-state index contributed by atoms with van der Waals surface area (Å²) in [6.07, 6.45) is 2.98. The monoisotopic (exact) mass is 846 g/mol. The first-order valence-corrected chi connectivity index (χ1v) is 18.9. The van der Waals surface area contributed by atoms with Gasteiger partial charge in [-0.1, -0.05) is 0 Å². The van der Waals surface area contributed by atoms with Gasteiger partial charge in [0.05, 0.1) is 39.5 Å². The van der Waals surface area contributed by atoms with Crippen LogP contribution in [0.2, 0.25) is 0 Å². The largest absolute Gasteiger partial charge is 0.493 e. The first-order chi connectivity index (χ1) is 27.2. The van der Waals surface area contributed by atoms with E-state index in [1.807, 2.05) is 19.6 Å². The molecule has 59 heavy (non-hydrogen) atoms. The van der Waals surface area contributed by atoms with Gasteiger partial charge in [0.25, 0.3) is 11.8 Å². The van der Waals surface area contributed by atoms with Crippen molar-refractivity contribution >= 4 is 69.6 Å². The van der Waals surface area contributed by atoms with Gasteiger partial charge < -0.3 is 70.4 Å². The highest BCUT2D eigenvalue weighted by Gasteiger charge is 2.32. The van der Waals surface area contributed by atoms with Crippen LogP contribution in [0.15, 0.2) is 24.3 Å². The molecule has 0 spiro atoms. The Balaban J connectivity index is 0.000000248. The maximum Gasteiger partial charge on any atom is 0.251 e. The lowest BCUT2D eigenvalue weighted by Crippen LogP contribution is -2.51. The topological polar surface area (TPSA) is 269 Å². The van der Waals surface area contributed by atoms with Crippen LogP contribution in [-0.4, -0.2) is 159 Å². The summed E-state index contributed by atoms with van der Waals surface area (Å²) >= 11 is 0. The average molecular weight is 847 g/mol. The third-order valence-electron chi connectivity index (χ3n) is 10.6. The van der Waals surface area contributed by atoms with Crippen molar-refractivity contribution in [3.05, 3.63) is 24.3 Å². The molecule has 6 heterocycles. The summed E-state index contributed by atoms with van der Waals surface area (Å²) in [4.78, 5) is 51.1. The van der Waals surface area contributed by atoms with E-state index in [9.17, 15) is 9.59 Å². The van der Waals surface area contributed by atoms with Gasteiger partial charge in [0.1, 0.15) is 23.8 Å². The number of halogens is 1. The molecular formula is C38H55ClN10O10. The number of nitrogen functional groups attached to an aromatic ring is 2. The minimum Gasteiger partial charge on any atom is -0.493 e. The van der Waals surface area contributed by atoms with E-state index in [-0.39, 0.29) is 47.4 Å². The number of amides is 2. The summed E-state index contributed by atoms with van der Waals surface area (Å²) in [7, 11) is 6.32. The maximum atomic E-state index is 12.5. The molecule has 4 saturated heterocycles.